The summed E-state index contributed by atoms with van der Waals surface area (Å²) >= 11 is 1.27. The Morgan fingerprint density at radius 1 is 1.21 bits per heavy atom. The number of rotatable bonds is 7. The maximum absolute atomic E-state index is 12.5. The number of nitrogens with one attached hydrogen (secondary N) is 1. The molecule has 1 aromatic carbocycles. The normalized spacial score (nSPS) is 13.3. The first-order chi connectivity index (χ1) is 13.4. The number of aryl methyl sites for hydroxylation is 2. The van der Waals surface area contributed by atoms with Gasteiger partial charge in [-0.05, 0) is 38.3 Å². The van der Waals surface area contributed by atoms with Crippen molar-refractivity contribution >= 4 is 17.7 Å². The van der Waals surface area contributed by atoms with Gasteiger partial charge < -0.3 is 11.2 Å². The van der Waals surface area contributed by atoms with Crippen molar-refractivity contribution in [3.63, 3.8) is 0 Å². The third-order valence-electron chi connectivity index (χ3n) is 4.45. The number of nitrogens with two attached hydrogens (primary N) is 1. The quantitative estimate of drug-likeness (QED) is 0.466. The van der Waals surface area contributed by atoms with E-state index in [1.54, 1.807) is 4.68 Å². The zero-order valence-electron chi connectivity index (χ0n) is 16.5. The van der Waals surface area contributed by atoms with Crippen LogP contribution in [0.1, 0.15) is 36.7 Å². The van der Waals surface area contributed by atoms with E-state index in [-0.39, 0.29) is 17.1 Å². The summed E-state index contributed by atoms with van der Waals surface area (Å²) in [6, 6.07) is 12.0. The zero-order valence-corrected chi connectivity index (χ0v) is 17.3. The van der Waals surface area contributed by atoms with Gasteiger partial charge in [0.15, 0.2) is 0 Å². The number of hydrogen-bond acceptors (Lipinski definition) is 6. The summed E-state index contributed by atoms with van der Waals surface area (Å²) in [5.74, 6) is 6.72. The van der Waals surface area contributed by atoms with Crippen molar-refractivity contribution in [3.8, 4) is 5.95 Å². The molecule has 0 aliphatic heterocycles. The number of benzene rings is 1. The minimum atomic E-state index is -0.359. The molecule has 0 fully saturated rings. The highest BCUT2D eigenvalue weighted by molar-refractivity contribution is 8.00. The van der Waals surface area contributed by atoms with Crippen LogP contribution in [0.3, 0.4) is 0 Å². The lowest BCUT2D eigenvalue weighted by Crippen LogP contribution is -2.34. The van der Waals surface area contributed by atoms with Crippen LogP contribution >= 0.6 is 11.8 Å². The number of carbonyl (C=O) groups is 1. The van der Waals surface area contributed by atoms with Gasteiger partial charge in [0.2, 0.25) is 11.1 Å². The average molecular weight is 400 g/mol. The van der Waals surface area contributed by atoms with E-state index in [1.165, 1.54) is 22.0 Å². The maximum atomic E-state index is 12.5. The van der Waals surface area contributed by atoms with Gasteiger partial charge in [-0.3, -0.25) is 4.79 Å². The second-order valence-electron chi connectivity index (χ2n) is 6.81. The van der Waals surface area contributed by atoms with E-state index in [0.717, 1.165) is 11.4 Å². The Bertz CT molecular complexity index is 951. The van der Waals surface area contributed by atoms with Crippen molar-refractivity contribution in [2.45, 2.75) is 44.0 Å². The fourth-order valence-corrected chi connectivity index (χ4v) is 3.62. The molecule has 0 aliphatic rings. The Morgan fingerprint density at radius 3 is 2.57 bits per heavy atom. The van der Waals surface area contributed by atoms with Gasteiger partial charge in [-0.25, -0.2) is 9.36 Å². The molecule has 0 radical (unpaired) electrons. The average Bonchev–Trinajstić information content (AvgIpc) is 3.21. The van der Waals surface area contributed by atoms with E-state index >= 15 is 0 Å². The molecule has 0 spiro atoms. The molecule has 2 atom stereocenters. The molecule has 9 heteroatoms. The molecule has 148 valence electrons. The van der Waals surface area contributed by atoms with Crippen LogP contribution in [-0.2, 0) is 4.79 Å². The number of thioether (sulfide) groups is 1. The van der Waals surface area contributed by atoms with Crippen LogP contribution in [0.15, 0.2) is 41.6 Å². The fourth-order valence-electron chi connectivity index (χ4n) is 2.83. The van der Waals surface area contributed by atoms with Gasteiger partial charge in [0.05, 0.1) is 10.9 Å². The van der Waals surface area contributed by atoms with Gasteiger partial charge in [0.25, 0.3) is 5.95 Å². The third-order valence-corrected chi connectivity index (χ3v) is 5.50. The highest BCUT2D eigenvalue weighted by atomic mass is 32.2. The molecule has 0 saturated heterocycles. The molecule has 1 amide bonds. The standard InChI is InChI=1S/C19H25N7OS/c1-12(16-8-6-5-7-9-16)11-21-17(27)15(4)28-19-23-22-18(25(19)20)26-14(3)10-13(2)24-26/h5-10,12,15H,11,20H2,1-4H3,(H,21,27). The molecule has 28 heavy (non-hydrogen) atoms. The summed E-state index contributed by atoms with van der Waals surface area (Å²) in [4.78, 5) is 12.5. The van der Waals surface area contributed by atoms with Crippen LogP contribution in [-0.4, -0.2) is 42.4 Å². The van der Waals surface area contributed by atoms with Crippen molar-refractivity contribution in [3.05, 3.63) is 53.3 Å². The Labute approximate surface area is 168 Å². The monoisotopic (exact) mass is 399 g/mol. The minimum Gasteiger partial charge on any atom is -0.355 e. The topological polar surface area (TPSA) is 104 Å². The summed E-state index contributed by atoms with van der Waals surface area (Å²) in [5, 5.41) is 15.7. The second-order valence-corrected chi connectivity index (χ2v) is 8.12. The molecule has 0 aliphatic carbocycles. The van der Waals surface area contributed by atoms with Crippen molar-refractivity contribution in [1.29, 1.82) is 0 Å². The van der Waals surface area contributed by atoms with Crippen molar-refractivity contribution < 1.29 is 4.79 Å². The van der Waals surface area contributed by atoms with E-state index in [4.69, 9.17) is 5.84 Å². The van der Waals surface area contributed by atoms with E-state index in [1.807, 2.05) is 45.0 Å². The first-order valence-corrected chi connectivity index (χ1v) is 9.98. The summed E-state index contributed by atoms with van der Waals surface area (Å²) in [7, 11) is 0. The summed E-state index contributed by atoms with van der Waals surface area (Å²) in [5.41, 5.74) is 2.98. The molecule has 2 aromatic heterocycles. The second kappa shape index (κ2) is 8.47. The predicted octanol–water partition coefficient (Wildman–Crippen LogP) is 2.19. The van der Waals surface area contributed by atoms with E-state index in [0.29, 0.717) is 17.6 Å². The van der Waals surface area contributed by atoms with Crippen LogP contribution in [0, 0.1) is 13.8 Å². The third kappa shape index (κ3) is 4.36. The van der Waals surface area contributed by atoms with Crippen LogP contribution in [0.4, 0.5) is 0 Å². The molecule has 3 N–H and O–H groups in total. The van der Waals surface area contributed by atoms with Crippen LogP contribution in [0.5, 0.6) is 0 Å². The van der Waals surface area contributed by atoms with E-state index < -0.39 is 0 Å². The van der Waals surface area contributed by atoms with Crippen LogP contribution in [0.2, 0.25) is 0 Å². The summed E-state index contributed by atoms with van der Waals surface area (Å²) in [6.07, 6.45) is 0. The van der Waals surface area contributed by atoms with Crippen LogP contribution < -0.4 is 11.2 Å². The Hall–Kier alpha value is -2.81. The van der Waals surface area contributed by atoms with Gasteiger partial charge in [-0.1, -0.05) is 49.0 Å². The van der Waals surface area contributed by atoms with Gasteiger partial charge >= 0.3 is 0 Å². The number of amides is 1. The zero-order chi connectivity index (χ0) is 20.3. The largest absolute Gasteiger partial charge is 0.355 e. The van der Waals surface area contributed by atoms with Gasteiger partial charge in [-0.2, -0.15) is 5.10 Å². The lowest BCUT2D eigenvalue weighted by atomic mass is 10.0. The maximum Gasteiger partial charge on any atom is 0.271 e. The van der Waals surface area contributed by atoms with Crippen molar-refractivity contribution in [1.82, 2.24) is 30.0 Å². The lowest BCUT2D eigenvalue weighted by molar-refractivity contribution is -0.120. The smallest absolute Gasteiger partial charge is 0.271 e. The number of nitrogens with zero attached hydrogens (tertiary/aromatic N) is 5. The highest BCUT2D eigenvalue weighted by Gasteiger charge is 2.21. The van der Waals surface area contributed by atoms with Gasteiger partial charge in [0.1, 0.15) is 0 Å². The lowest BCUT2D eigenvalue weighted by Gasteiger charge is -2.15. The van der Waals surface area contributed by atoms with Crippen molar-refractivity contribution in [2.24, 2.45) is 0 Å². The number of nitrogen functional groups attached to an aromatic ring is 1. The molecular weight excluding hydrogens is 374 g/mol. The van der Waals surface area contributed by atoms with Crippen LogP contribution in [0.25, 0.3) is 5.95 Å². The Morgan fingerprint density at radius 2 is 1.93 bits per heavy atom. The van der Waals surface area contributed by atoms with Crippen molar-refractivity contribution in [2.75, 3.05) is 12.4 Å². The van der Waals surface area contributed by atoms with E-state index in [2.05, 4.69) is 39.7 Å². The summed E-state index contributed by atoms with van der Waals surface area (Å²) in [6.45, 7) is 8.31. The Kier molecular flexibility index (Phi) is 6.03. The van der Waals surface area contributed by atoms with Gasteiger partial charge in [-0.15, -0.1) is 10.2 Å². The molecule has 3 aromatic rings. The molecule has 0 saturated carbocycles. The molecule has 3 rings (SSSR count). The minimum absolute atomic E-state index is 0.0663. The first kappa shape index (κ1) is 19.9. The molecule has 2 unspecified atom stereocenters. The number of aromatic nitrogens is 5. The highest BCUT2D eigenvalue weighted by Crippen LogP contribution is 2.22. The first-order valence-electron chi connectivity index (χ1n) is 9.10. The number of carbonyl (C=O) groups excluding carboxylic acids is 1. The SMILES string of the molecule is Cc1cc(C)n(-c2nnc(SC(C)C(=O)NCC(C)c3ccccc3)n2N)n1. The van der Waals surface area contributed by atoms with Gasteiger partial charge in [0, 0.05) is 12.2 Å². The molecule has 2 heterocycles. The fraction of sp³-hybridized carbons (Fsp3) is 0.368. The molecule has 8 nitrogen and oxygen atoms in total. The summed E-state index contributed by atoms with van der Waals surface area (Å²) < 4.78 is 3.00. The number of hydrogen-bond donors (Lipinski definition) is 2. The Balaban J connectivity index is 1.61. The molecular formula is C19H25N7OS. The van der Waals surface area contributed by atoms with E-state index in [9.17, 15) is 4.79 Å². The predicted molar refractivity (Wildman–Crippen MR) is 110 cm³/mol. The molecule has 0 bridgehead atoms.